The molecule has 4 heteroatoms. The molecule has 2 N–H and O–H groups in total. The van der Waals surface area contributed by atoms with Crippen molar-refractivity contribution in [3.05, 3.63) is 29.8 Å². The summed E-state index contributed by atoms with van der Waals surface area (Å²) in [5, 5.41) is 18.6. The van der Waals surface area contributed by atoms with Gasteiger partial charge in [-0.15, -0.1) is 0 Å². The molecule has 0 heterocycles. The Hall–Kier alpha value is -1.55. The molecule has 2 unspecified atom stereocenters. The van der Waals surface area contributed by atoms with Crippen LogP contribution in [0.1, 0.15) is 31.9 Å². The summed E-state index contributed by atoms with van der Waals surface area (Å²) in [4.78, 5) is 10.6. The Kier molecular flexibility index (Phi) is 4.97. The van der Waals surface area contributed by atoms with Crippen molar-refractivity contribution in [2.45, 2.75) is 26.4 Å². The van der Waals surface area contributed by atoms with E-state index in [2.05, 4.69) is 0 Å². The molecule has 17 heavy (non-hydrogen) atoms. The molecule has 0 aromatic heterocycles. The van der Waals surface area contributed by atoms with Crippen LogP contribution >= 0.6 is 0 Å². The van der Waals surface area contributed by atoms with Gasteiger partial charge >= 0.3 is 5.97 Å². The van der Waals surface area contributed by atoms with Gasteiger partial charge in [-0.3, -0.25) is 4.79 Å². The first-order valence-corrected chi connectivity index (χ1v) is 5.67. The Labute approximate surface area is 101 Å². The van der Waals surface area contributed by atoms with Crippen molar-refractivity contribution < 1.29 is 19.7 Å². The number of aliphatic hydroxyl groups excluding tert-OH is 1. The molecular weight excluding hydrogens is 220 g/mol. The van der Waals surface area contributed by atoms with Gasteiger partial charge in [0.05, 0.1) is 19.1 Å². The van der Waals surface area contributed by atoms with E-state index >= 15 is 0 Å². The fraction of sp³-hybridized carbons (Fsp3) is 0.462. The highest BCUT2D eigenvalue weighted by Gasteiger charge is 2.19. The lowest BCUT2D eigenvalue weighted by molar-refractivity contribution is -0.139. The van der Waals surface area contributed by atoms with Crippen LogP contribution in [-0.2, 0) is 4.79 Å². The standard InChI is InChI=1S/C13H18O4/c1-3-17-11-6-4-10(5-7-11)13(16)9(2)8-12(14)15/h4-7,9,13,16H,3,8H2,1-2H3,(H,14,15). The number of hydrogen-bond donors (Lipinski definition) is 2. The molecule has 0 radical (unpaired) electrons. The number of carbonyl (C=O) groups is 1. The zero-order chi connectivity index (χ0) is 12.8. The molecule has 0 spiro atoms. The Bertz CT molecular complexity index is 358. The highest BCUT2D eigenvalue weighted by molar-refractivity contribution is 5.67. The van der Waals surface area contributed by atoms with Gasteiger partial charge in [0, 0.05) is 0 Å². The summed E-state index contributed by atoms with van der Waals surface area (Å²) in [5.74, 6) is -0.470. The van der Waals surface area contributed by atoms with E-state index in [-0.39, 0.29) is 12.3 Å². The summed E-state index contributed by atoms with van der Waals surface area (Å²) >= 11 is 0. The number of carboxylic acids is 1. The molecule has 1 aromatic rings. The molecule has 0 aliphatic heterocycles. The summed E-state index contributed by atoms with van der Waals surface area (Å²) < 4.78 is 5.29. The Morgan fingerprint density at radius 1 is 1.35 bits per heavy atom. The van der Waals surface area contributed by atoms with E-state index in [0.717, 1.165) is 5.75 Å². The quantitative estimate of drug-likeness (QED) is 0.797. The van der Waals surface area contributed by atoms with Gasteiger partial charge in [0.15, 0.2) is 0 Å². The number of ether oxygens (including phenoxy) is 1. The first-order valence-electron chi connectivity index (χ1n) is 5.67. The summed E-state index contributed by atoms with van der Waals surface area (Å²) in [6.07, 6.45) is -0.809. The van der Waals surface area contributed by atoms with E-state index in [1.165, 1.54) is 0 Å². The second-order valence-electron chi connectivity index (χ2n) is 4.02. The zero-order valence-corrected chi connectivity index (χ0v) is 10.1. The number of benzene rings is 1. The van der Waals surface area contributed by atoms with Crippen LogP contribution < -0.4 is 4.74 Å². The molecule has 0 aliphatic carbocycles. The molecule has 1 rings (SSSR count). The van der Waals surface area contributed by atoms with Crippen molar-refractivity contribution in [2.75, 3.05) is 6.61 Å². The second-order valence-corrected chi connectivity index (χ2v) is 4.02. The van der Waals surface area contributed by atoms with Crippen LogP contribution in [0, 0.1) is 5.92 Å². The fourth-order valence-electron chi connectivity index (χ4n) is 1.64. The third-order valence-corrected chi connectivity index (χ3v) is 2.57. The van der Waals surface area contributed by atoms with Gasteiger partial charge in [-0.05, 0) is 30.5 Å². The minimum Gasteiger partial charge on any atom is -0.494 e. The van der Waals surface area contributed by atoms with E-state index in [4.69, 9.17) is 9.84 Å². The monoisotopic (exact) mass is 238 g/mol. The Morgan fingerprint density at radius 3 is 2.41 bits per heavy atom. The van der Waals surface area contributed by atoms with Crippen LogP contribution in [0.4, 0.5) is 0 Å². The molecule has 1 aromatic carbocycles. The van der Waals surface area contributed by atoms with E-state index in [1.807, 2.05) is 6.92 Å². The van der Waals surface area contributed by atoms with Crippen LogP contribution in [0.15, 0.2) is 24.3 Å². The largest absolute Gasteiger partial charge is 0.494 e. The SMILES string of the molecule is CCOc1ccc(C(O)C(C)CC(=O)O)cc1. The Balaban J connectivity index is 2.68. The molecular formula is C13H18O4. The summed E-state index contributed by atoms with van der Waals surface area (Å²) in [7, 11) is 0. The molecule has 0 saturated heterocycles. The van der Waals surface area contributed by atoms with Gasteiger partial charge in [0.1, 0.15) is 5.75 Å². The van der Waals surface area contributed by atoms with Crippen molar-refractivity contribution in [1.29, 1.82) is 0 Å². The molecule has 2 atom stereocenters. The summed E-state index contributed by atoms with van der Waals surface area (Å²) in [5.41, 5.74) is 0.710. The lowest BCUT2D eigenvalue weighted by Crippen LogP contribution is -2.13. The minimum absolute atomic E-state index is 0.0472. The molecule has 0 saturated carbocycles. The topological polar surface area (TPSA) is 66.8 Å². The molecule has 0 amide bonds. The summed E-state index contributed by atoms with van der Waals surface area (Å²) in [6.45, 7) is 4.21. The lowest BCUT2D eigenvalue weighted by Gasteiger charge is -2.17. The maximum Gasteiger partial charge on any atom is 0.303 e. The average Bonchev–Trinajstić information content (AvgIpc) is 2.28. The summed E-state index contributed by atoms with van der Waals surface area (Å²) in [6, 6.07) is 7.06. The molecule has 0 bridgehead atoms. The van der Waals surface area contributed by atoms with Gasteiger partial charge in [0.25, 0.3) is 0 Å². The van der Waals surface area contributed by atoms with Gasteiger partial charge < -0.3 is 14.9 Å². The van der Waals surface area contributed by atoms with E-state index < -0.39 is 12.1 Å². The maximum atomic E-state index is 10.6. The van der Waals surface area contributed by atoms with Gasteiger partial charge in [-0.1, -0.05) is 19.1 Å². The van der Waals surface area contributed by atoms with E-state index in [1.54, 1.807) is 31.2 Å². The van der Waals surface area contributed by atoms with Gasteiger partial charge in [0.2, 0.25) is 0 Å². The number of rotatable bonds is 6. The zero-order valence-electron chi connectivity index (χ0n) is 10.1. The maximum absolute atomic E-state index is 10.6. The van der Waals surface area contributed by atoms with Crippen molar-refractivity contribution in [3.63, 3.8) is 0 Å². The van der Waals surface area contributed by atoms with Crippen molar-refractivity contribution in [3.8, 4) is 5.75 Å². The highest BCUT2D eigenvalue weighted by Crippen LogP contribution is 2.25. The third-order valence-electron chi connectivity index (χ3n) is 2.57. The van der Waals surface area contributed by atoms with Crippen molar-refractivity contribution in [1.82, 2.24) is 0 Å². The van der Waals surface area contributed by atoms with Crippen LogP contribution in [-0.4, -0.2) is 22.8 Å². The molecule has 4 nitrogen and oxygen atoms in total. The number of carboxylic acid groups (broad SMARTS) is 1. The van der Waals surface area contributed by atoms with Crippen LogP contribution in [0.5, 0.6) is 5.75 Å². The van der Waals surface area contributed by atoms with Crippen molar-refractivity contribution >= 4 is 5.97 Å². The number of hydrogen-bond acceptors (Lipinski definition) is 3. The average molecular weight is 238 g/mol. The van der Waals surface area contributed by atoms with Crippen LogP contribution in [0.3, 0.4) is 0 Å². The molecule has 94 valence electrons. The Morgan fingerprint density at radius 2 is 1.94 bits per heavy atom. The molecule has 0 aliphatic rings. The van der Waals surface area contributed by atoms with E-state index in [9.17, 15) is 9.90 Å². The van der Waals surface area contributed by atoms with Crippen LogP contribution in [0.25, 0.3) is 0 Å². The van der Waals surface area contributed by atoms with Gasteiger partial charge in [-0.2, -0.15) is 0 Å². The van der Waals surface area contributed by atoms with Crippen LogP contribution in [0.2, 0.25) is 0 Å². The first-order chi connectivity index (χ1) is 8.04. The minimum atomic E-state index is -0.900. The highest BCUT2D eigenvalue weighted by atomic mass is 16.5. The number of aliphatic carboxylic acids is 1. The predicted octanol–water partition coefficient (Wildman–Crippen LogP) is 2.23. The lowest BCUT2D eigenvalue weighted by atomic mass is 9.95. The predicted molar refractivity (Wildman–Crippen MR) is 64.0 cm³/mol. The number of aliphatic hydroxyl groups is 1. The first kappa shape index (κ1) is 13.5. The third kappa shape index (κ3) is 4.07. The second kappa shape index (κ2) is 6.25. The smallest absolute Gasteiger partial charge is 0.303 e. The van der Waals surface area contributed by atoms with Crippen molar-refractivity contribution in [2.24, 2.45) is 5.92 Å². The molecule has 0 fully saturated rings. The normalized spacial score (nSPS) is 14.1. The van der Waals surface area contributed by atoms with E-state index in [0.29, 0.717) is 12.2 Å². The van der Waals surface area contributed by atoms with Gasteiger partial charge in [-0.25, -0.2) is 0 Å². The fourth-order valence-corrected chi connectivity index (χ4v) is 1.64.